The molecule has 1 heterocycles. The fraction of sp³-hybridized carbons (Fsp3) is 0.259. The van der Waals surface area contributed by atoms with Crippen LogP contribution < -0.4 is 5.32 Å². The number of allylic oxidation sites excluding steroid dienone is 6. The van der Waals surface area contributed by atoms with Gasteiger partial charge in [-0.25, -0.2) is 0 Å². The van der Waals surface area contributed by atoms with Crippen molar-refractivity contribution in [3.63, 3.8) is 0 Å². The molecule has 2 aromatic rings. The van der Waals surface area contributed by atoms with Crippen LogP contribution in [-0.2, 0) is 19.2 Å². The maximum Gasteiger partial charge on any atom is 0.231 e. The highest BCUT2D eigenvalue weighted by molar-refractivity contribution is 6.24. The van der Waals surface area contributed by atoms with Gasteiger partial charge in [0.05, 0.1) is 11.8 Å². The first kappa shape index (κ1) is 19.9. The minimum atomic E-state index is -0.657. The maximum absolute atomic E-state index is 13.3. The summed E-state index contributed by atoms with van der Waals surface area (Å²) in [5, 5.41) is 15.2. The molecule has 33 heavy (non-hydrogen) atoms. The Morgan fingerprint density at radius 1 is 0.970 bits per heavy atom. The van der Waals surface area contributed by atoms with Gasteiger partial charge in [0.25, 0.3) is 0 Å². The van der Waals surface area contributed by atoms with Crippen molar-refractivity contribution in [2.75, 3.05) is 0 Å². The van der Waals surface area contributed by atoms with Crippen molar-refractivity contribution in [2.45, 2.75) is 25.7 Å². The number of carbonyl (C=O) groups excluding carboxylic acids is 4. The number of phenols is 1. The van der Waals surface area contributed by atoms with Crippen LogP contribution in [0.1, 0.15) is 31.2 Å². The Morgan fingerprint density at radius 2 is 1.76 bits per heavy atom. The molecule has 3 aliphatic carbocycles. The second kappa shape index (κ2) is 6.85. The van der Waals surface area contributed by atoms with Gasteiger partial charge in [-0.15, -0.1) is 0 Å². The summed E-state index contributed by atoms with van der Waals surface area (Å²) in [7, 11) is 0. The Morgan fingerprint density at radius 3 is 2.58 bits per heavy atom. The number of Topliss-reactive ketones (excluding diaryl/α,β-unsaturated/α-hetero) is 1. The predicted molar refractivity (Wildman–Crippen MR) is 120 cm³/mol. The smallest absolute Gasteiger partial charge is 0.231 e. The summed E-state index contributed by atoms with van der Waals surface area (Å²) < 4.78 is 0. The van der Waals surface area contributed by atoms with E-state index < -0.39 is 17.8 Å². The monoisotopic (exact) mass is 439 g/mol. The van der Waals surface area contributed by atoms with Gasteiger partial charge in [0.1, 0.15) is 5.75 Å². The summed E-state index contributed by atoms with van der Waals surface area (Å²) in [5.74, 6) is -3.13. The Balaban J connectivity index is 1.65. The lowest BCUT2D eigenvalue weighted by molar-refractivity contribution is -0.126. The highest BCUT2D eigenvalue weighted by atomic mass is 16.3. The number of fused-ring (bicyclic) bond motifs is 4. The third kappa shape index (κ3) is 2.67. The number of nitrogens with one attached hydrogen (secondary N) is 1. The molecule has 1 aliphatic heterocycles. The lowest BCUT2D eigenvalue weighted by Gasteiger charge is -2.42. The molecule has 2 aromatic carbocycles. The van der Waals surface area contributed by atoms with Crippen LogP contribution in [-0.4, -0.2) is 28.5 Å². The van der Waals surface area contributed by atoms with Crippen molar-refractivity contribution in [2.24, 2.45) is 17.8 Å². The number of imide groups is 1. The zero-order chi connectivity index (χ0) is 23.0. The quantitative estimate of drug-likeness (QED) is 0.404. The van der Waals surface area contributed by atoms with Crippen LogP contribution in [0.3, 0.4) is 0 Å². The minimum absolute atomic E-state index is 0.0349. The minimum Gasteiger partial charge on any atom is -0.508 e. The Labute approximate surface area is 189 Å². The van der Waals surface area contributed by atoms with Crippen LogP contribution in [0.15, 0.2) is 70.8 Å². The largest absolute Gasteiger partial charge is 0.508 e. The van der Waals surface area contributed by atoms with Gasteiger partial charge < -0.3 is 5.11 Å². The zero-order valence-electron chi connectivity index (χ0n) is 17.9. The van der Waals surface area contributed by atoms with Crippen molar-refractivity contribution in [1.29, 1.82) is 0 Å². The highest BCUT2D eigenvalue weighted by Gasteiger charge is 2.53. The second-order valence-electron chi connectivity index (χ2n) is 9.30. The molecule has 0 unspecified atom stereocenters. The van der Waals surface area contributed by atoms with Crippen LogP contribution in [0.4, 0.5) is 0 Å². The topological polar surface area (TPSA) is 101 Å². The lowest BCUT2D eigenvalue weighted by atomic mass is 9.59. The molecule has 164 valence electrons. The fourth-order valence-corrected chi connectivity index (χ4v) is 6.21. The molecule has 0 bridgehead atoms. The first-order valence-electron chi connectivity index (χ1n) is 11.1. The van der Waals surface area contributed by atoms with Crippen molar-refractivity contribution in [1.82, 2.24) is 5.32 Å². The summed E-state index contributed by atoms with van der Waals surface area (Å²) in [6.45, 7) is 1.62. The van der Waals surface area contributed by atoms with Crippen molar-refractivity contribution in [3.8, 4) is 5.75 Å². The number of hydrogen-bond donors (Lipinski definition) is 2. The molecule has 0 aromatic heterocycles. The van der Waals surface area contributed by atoms with Gasteiger partial charge in [0.15, 0.2) is 11.6 Å². The second-order valence-corrected chi connectivity index (χ2v) is 9.30. The van der Waals surface area contributed by atoms with Crippen LogP contribution in [0.5, 0.6) is 5.75 Å². The summed E-state index contributed by atoms with van der Waals surface area (Å²) >= 11 is 0. The molecule has 6 rings (SSSR count). The number of amides is 2. The first-order chi connectivity index (χ1) is 15.9. The summed E-state index contributed by atoms with van der Waals surface area (Å²) in [5.41, 5.74) is 2.54. The molecule has 2 amide bonds. The average molecular weight is 439 g/mol. The normalized spacial score (nSPS) is 28.8. The maximum atomic E-state index is 13.3. The zero-order valence-corrected chi connectivity index (χ0v) is 17.9. The molecule has 0 saturated carbocycles. The van der Waals surface area contributed by atoms with Gasteiger partial charge >= 0.3 is 0 Å². The number of carbonyl (C=O) groups is 4. The van der Waals surface area contributed by atoms with Crippen LogP contribution in [0, 0.1) is 17.8 Å². The molecule has 6 nitrogen and oxygen atoms in total. The first-order valence-corrected chi connectivity index (χ1v) is 11.1. The third-order valence-electron chi connectivity index (χ3n) is 7.64. The van der Waals surface area contributed by atoms with E-state index in [1.807, 2.05) is 36.4 Å². The van der Waals surface area contributed by atoms with Gasteiger partial charge in [0.2, 0.25) is 11.8 Å². The van der Waals surface area contributed by atoms with Crippen molar-refractivity contribution in [3.05, 3.63) is 76.4 Å². The summed E-state index contributed by atoms with van der Waals surface area (Å²) in [6, 6.07) is 11.0. The number of hydrogen-bond acceptors (Lipinski definition) is 5. The summed E-state index contributed by atoms with van der Waals surface area (Å²) in [4.78, 5) is 51.7. The molecular weight excluding hydrogens is 418 g/mol. The van der Waals surface area contributed by atoms with E-state index in [4.69, 9.17) is 0 Å². The molecule has 2 N–H and O–H groups in total. The van der Waals surface area contributed by atoms with Gasteiger partial charge in [0, 0.05) is 28.2 Å². The standard InChI is InChI=1S/C27H21NO5/c1-12-10-20(30)23-18(25(12)31)11-17-15(7-8-16-21(17)27(33)28-26(16)32)24(23)22-14-5-3-2-4-13(14)6-9-19(22)29/h2-7,9-10,16-17,21,24,29H,8,11H2,1H3,(H,28,32,33)/t16-,17+,21-,24+/m0/s1. The van der Waals surface area contributed by atoms with E-state index in [1.165, 1.54) is 6.08 Å². The Bertz CT molecular complexity index is 1410. The van der Waals surface area contributed by atoms with Gasteiger partial charge in [-0.1, -0.05) is 42.0 Å². The molecule has 4 atom stereocenters. The van der Waals surface area contributed by atoms with E-state index in [-0.39, 0.29) is 41.5 Å². The number of benzene rings is 2. The Kier molecular flexibility index (Phi) is 4.12. The average Bonchev–Trinajstić information content (AvgIpc) is 3.10. The van der Waals surface area contributed by atoms with E-state index >= 15 is 0 Å². The molecule has 4 aliphatic rings. The van der Waals surface area contributed by atoms with Crippen LogP contribution in [0.25, 0.3) is 10.8 Å². The van der Waals surface area contributed by atoms with Crippen LogP contribution >= 0.6 is 0 Å². The molecule has 1 fully saturated rings. The van der Waals surface area contributed by atoms with E-state index in [9.17, 15) is 24.3 Å². The molecule has 0 spiro atoms. The number of phenolic OH excluding ortho intramolecular Hbond substituents is 1. The van der Waals surface area contributed by atoms with Gasteiger partial charge in [-0.05, 0) is 48.6 Å². The van der Waals surface area contributed by atoms with E-state index in [2.05, 4.69) is 5.32 Å². The highest BCUT2D eigenvalue weighted by Crippen LogP contribution is 2.56. The van der Waals surface area contributed by atoms with E-state index in [0.29, 0.717) is 28.7 Å². The molecule has 0 radical (unpaired) electrons. The SMILES string of the molecule is CC1=CC(=O)C2=C(C[C@@H]3C(=CC[C@@H]4C(=O)NC(=O)[C@@H]43)[C@@H]2c2c(O)ccc3ccccc23)C1=O. The molecular formula is C27H21NO5. The van der Waals surface area contributed by atoms with Gasteiger partial charge in [-0.2, -0.15) is 0 Å². The van der Waals surface area contributed by atoms with E-state index in [1.54, 1.807) is 13.0 Å². The van der Waals surface area contributed by atoms with Crippen LogP contribution in [0.2, 0.25) is 0 Å². The lowest BCUT2D eigenvalue weighted by Crippen LogP contribution is -2.39. The Hall–Kier alpha value is -3.80. The van der Waals surface area contributed by atoms with Gasteiger partial charge in [-0.3, -0.25) is 24.5 Å². The molecule has 6 heteroatoms. The summed E-state index contributed by atoms with van der Waals surface area (Å²) in [6.07, 6.45) is 3.94. The number of aromatic hydroxyl groups is 1. The van der Waals surface area contributed by atoms with E-state index in [0.717, 1.165) is 16.3 Å². The fourth-order valence-electron chi connectivity index (χ4n) is 6.21. The predicted octanol–water partition coefficient (Wildman–Crippen LogP) is 3.26. The van der Waals surface area contributed by atoms with Crippen molar-refractivity contribution >= 4 is 34.2 Å². The number of rotatable bonds is 1. The third-order valence-corrected chi connectivity index (χ3v) is 7.64. The van der Waals surface area contributed by atoms with Crippen molar-refractivity contribution < 1.29 is 24.3 Å². The molecule has 1 saturated heterocycles. The number of ketones is 2.